The van der Waals surface area contributed by atoms with Crippen molar-refractivity contribution in [2.24, 2.45) is 0 Å². The molecular formula is C6H8O3. The molecule has 0 amide bonds. The van der Waals surface area contributed by atoms with Gasteiger partial charge in [-0.2, -0.15) is 0 Å². The van der Waals surface area contributed by atoms with Crippen molar-refractivity contribution in [2.75, 3.05) is 6.61 Å². The van der Waals surface area contributed by atoms with E-state index in [1.165, 1.54) is 0 Å². The predicted molar refractivity (Wildman–Crippen MR) is 30.9 cm³/mol. The smallest absolute Gasteiger partial charge is 0.337 e. The minimum Gasteiger partial charge on any atom is -0.508 e. The summed E-state index contributed by atoms with van der Waals surface area (Å²) < 4.78 is 4.51. The molecule has 0 aromatic carbocycles. The number of aliphatic hydroxyl groups excluding tert-OH is 1. The SMILES string of the molecule is CCC1=C(O)COC1=O. The van der Waals surface area contributed by atoms with E-state index in [-0.39, 0.29) is 18.3 Å². The van der Waals surface area contributed by atoms with Crippen molar-refractivity contribution in [1.82, 2.24) is 0 Å². The molecule has 0 bridgehead atoms. The van der Waals surface area contributed by atoms with Gasteiger partial charge in [-0.25, -0.2) is 4.79 Å². The molecule has 1 heterocycles. The second kappa shape index (κ2) is 2.09. The summed E-state index contributed by atoms with van der Waals surface area (Å²) in [5, 5.41) is 8.89. The zero-order valence-corrected chi connectivity index (χ0v) is 5.18. The molecule has 0 aliphatic carbocycles. The number of hydrogen-bond acceptors (Lipinski definition) is 3. The first-order valence-corrected chi connectivity index (χ1v) is 2.83. The maximum absolute atomic E-state index is 10.6. The molecule has 0 saturated carbocycles. The van der Waals surface area contributed by atoms with Crippen LogP contribution in [0.3, 0.4) is 0 Å². The molecule has 0 aromatic rings. The van der Waals surface area contributed by atoms with Crippen molar-refractivity contribution in [1.29, 1.82) is 0 Å². The number of aliphatic hydroxyl groups is 1. The van der Waals surface area contributed by atoms with E-state index in [9.17, 15) is 4.79 Å². The van der Waals surface area contributed by atoms with Crippen LogP contribution in [0.5, 0.6) is 0 Å². The Labute approximate surface area is 52.9 Å². The average Bonchev–Trinajstić information content (AvgIpc) is 2.12. The molecule has 0 spiro atoms. The van der Waals surface area contributed by atoms with E-state index >= 15 is 0 Å². The van der Waals surface area contributed by atoms with Crippen LogP contribution in [0.25, 0.3) is 0 Å². The standard InChI is InChI=1S/C6H8O3/c1-2-4-5(7)3-9-6(4)8/h7H,2-3H2,1H3. The summed E-state index contributed by atoms with van der Waals surface area (Å²) in [6, 6.07) is 0. The van der Waals surface area contributed by atoms with Crippen LogP contribution in [0.4, 0.5) is 0 Å². The summed E-state index contributed by atoms with van der Waals surface area (Å²) in [5.74, 6) is -0.294. The third kappa shape index (κ3) is 0.896. The lowest BCUT2D eigenvalue weighted by Gasteiger charge is -1.89. The maximum Gasteiger partial charge on any atom is 0.337 e. The van der Waals surface area contributed by atoms with Gasteiger partial charge >= 0.3 is 5.97 Å². The molecule has 0 fully saturated rings. The molecule has 0 unspecified atom stereocenters. The second-order valence-corrected chi connectivity index (χ2v) is 1.85. The Morgan fingerprint density at radius 3 is 2.67 bits per heavy atom. The summed E-state index contributed by atoms with van der Waals surface area (Å²) >= 11 is 0. The van der Waals surface area contributed by atoms with Crippen LogP contribution >= 0.6 is 0 Å². The molecule has 1 aliphatic heterocycles. The van der Waals surface area contributed by atoms with E-state index in [0.717, 1.165) is 0 Å². The van der Waals surface area contributed by atoms with Gasteiger partial charge in [0.1, 0.15) is 12.4 Å². The van der Waals surface area contributed by atoms with E-state index < -0.39 is 0 Å². The summed E-state index contributed by atoms with van der Waals surface area (Å²) in [4.78, 5) is 10.6. The van der Waals surface area contributed by atoms with Crippen molar-refractivity contribution in [3.8, 4) is 0 Å². The van der Waals surface area contributed by atoms with Crippen molar-refractivity contribution < 1.29 is 14.6 Å². The zero-order chi connectivity index (χ0) is 6.85. The van der Waals surface area contributed by atoms with E-state index in [1.54, 1.807) is 6.92 Å². The fourth-order valence-electron chi connectivity index (χ4n) is 0.774. The summed E-state index contributed by atoms with van der Waals surface area (Å²) in [6.07, 6.45) is 0.546. The molecule has 9 heavy (non-hydrogen) atoms. The number of rotatable bonds is 1. The van der Waals surface area contributed by atoms with Crippen LogP contribution in [0.15, 0.2) is 11.3 Å². The van der Waals surface area contributed by atoms with Gasteiger partial charge in [-0.1, -0.05) is 6.92 Å². The van der Waals surface area contributed by atoms with Crippen LogP contribution in [0.1, 0.15) is 13.3 Å². The number of ether oxygens (including phenoxy) is 1. The number of carbonyl (C=O) groups excluding carboxylic acids is 1. The Morgan fingerprint density at radius 1 is 1.78 bits per heavy atom. The predicted octanol–water partition coefficient (Wildman–Crippen LogP) is 0.765. The van der Waals surface area contributed by atoms with Crippen molar-refractivity contribution in [3.63, 3.8) is 0 Å². The van der Waals surface area contributed by atoms with Gasteiger partial charge in [0.15, 0.2) is 0 Å². The van der Waals surface area contributed by atoms with Gasteiger partial charge in [0.25, 0.3) is 0 Å². The normalized spacial score (nSPS) is 18.6. The number of carbonyl (C=O) groups is 1. The molecule has 0 aromatic heterocycles. The highest BCUT2D eigenvalue weighted by Crippen LogP contribution is 2.15. The highest BCUT2D eigenvalue weighted by molar-refractivity contribution is 5.90. The molecule has 3 nitrogen and oxygen atoms in total. The van der Waals surface area contributed by atoms with Gasteiger partial charge < -0.3 is 9.84 Å². The molecule has 0 atom stereocenters. The van der Waals surface area contributed by atoms with Crippen LogP contribution in [0.2, 0.25) is 0 Å². The van der Waals surface area contributed by atoms with Crippen LogP contribution in [-0.2, 0) is 9.53 Å². The first kappa shape index (κ1) is 6.13. The van der Waals surface area contributed by atoms with Gasteiger partial charge in [0.05, 0.1) is 5.57 Å². The Hall–Kier alpha value is -0.990. The van der Waals surface area contributed by atoms with Gasteiger partial charge in [0, 0.05) is 0 Å². The molecule has 0 saturated heterocycles. The Morgan fingerprint density at radius 2 is 2.44 bits per heavy atom. The summed E-state index contributed by atoms with van der Waals surface area (Å²) in [6.45, 7) is 1.86. The number of esters is 1. The fourth-order valence-corrected chi connectivity index (χ4v) is 0.774. The minimum absolute atomic E-state index is 0.0575. The lowest BCUT2D eigenvalue weighted by atomic mass is 10.2. The lowest BCUT2D eigenvalue weighted by molar-refractivity contribution is -0.136. The maximum atomic E-state index is 10.6. The van der Waals surface area contributed by atoms with E-state index in [1.807, 2.05) is 0 Å². The molecule has 1 N–H and O–H groups in total. The third-order valence-corrected chi connectivity index (χ3v) is 1.29. The monoisotopic (exact) mass is 128 g/mol. The Kier molecular flexibility index (Phi) is 1.42. The van der Waals surface area contributed by atoms with Gasteiger partial charge in [0.2, 0.25) is 0 Å². The molecule has 1 aliphatic rings. The molecule has 50 valence electrons. The minimum atomic E-state index is -0.380. The summed E-state index contributed by atoms with van der Waals surface area (Å²) in [5.41, 5.74) is 0.412. The first-order valence-electron chi connectivity index (χ1n) is 2.83. The Balaban J connectivity index is 2.82. The number of cyclic esters (lactones) is 1. The Bertz CT molecular complexity index is 169. The lowest BCUT2D eigenvalue weighted by Crippen LogP contribution is -1.97. The van der Waals surface area contributed by atoms with E-state index in [4.69, 9.17) is 5.11 Å². The van der Waals surface area contributed by atoms with Gasteiger partial charge in [-0.3, -0.25) is 0 Å². The zero-order valence-electron chi connectivity index (χ0n) is 5.18. The quantitative estimate of drug-likeness (QED) is 0.530. The topological polar surface area (TPSA) is 46.5 Å². The summed E-state index contributed by atoms with van der Waals surface area (Å²) in [7, 11) is 0. The molecule has 3 heteroatoms. The molecule has 1 rings (SSSR count). The average molecular weight is 128 g/mol. The van der Waals surface area contributed by atoms with Crippen LogP contribution in [-0.4, -0.2) is 17.7 Å². The van der Waals surface area contributed by atoms with Crippen molar-refractivity contribution in [2.45, 2.75) is 13.3 Å². The molecular weight excluding hydrogens is 120 g/mol. The largest absolute Gasteiger partial charge is 0.508 e. The van der Waals surface area contributed by atoms with Crippen molar-refractivity contribution in [3.05, 3.63) is 11.3 Å². The van der Waals surface area contributed by atoms with Crippen LogP contribution in [0, 0.1) is 0 Å². The second-order valence-electron chi connectivity index (χ2n) is 1.85. The highest BCUT2D eigenvalue weighted by Gasteiger charge is 2.21. The first-order chi connectivity index (χ1) is 4.25. The highest BCUT2D eigenvalue weighted by atomic mass is 16.5. The van der Waals surface area contributed by atoms with Crippen LogP contribution < -0.4 is 0 Å². The van der Waals surface area contributed by atoms with E-state index in [2.05, 4.69) is 4.74 Å². The van der Waals surface area contributed by atoms with Crippen molar-refractivity contribution >= 4 is 5.97 Å². The van der Waals surface area contributed by atoms with E-state index in [0.29, 0.717) is 12.0 Å². The molecule has 0 radical (unpaired) electrons. The number of hydrogen-bond donors (Lipinski definition) is 1. The van der Waals surface area contributed by atoms with Gasteiger partial charge in [-0.05, 0) is 6.42 Å². The third-order valence-electron chi connectivity index (χ3n) is 1.29. The fraction of sp³-hybridized carbons (Fsp3) is 0.500. The van der Waals surface area contributed by atoms with Gasteiger partial charge in [-0.15, -0.1) is 0 Å².